The highest BCUT2D eigenvalue weighted by atomic mass is 35.5. The quantitative estimate of drug-likeness (QED) is 0.119. The Morgan fingerprint density at radius 1 is 0.733 bits per heavy atom. The Morgan fingerprint density at radius 2 is 1.33 bits per heavy atom. The normalized spacial score (nSPS) is 12.7. The molecule has 1 aromatic heterocycles. The van der Waals surface area contributed by atoms with Crippen molar-refractivity contribution < 1.29 is 44.0 Å². The predicted octanol–water partition coefficient (Wildman–Crippen LogP) is 4.04. The van der Waals surface area contributed by atoms with Crippen LogP contribution in [-0.4, -0.2) is 66.0 Å². The molecule has 0 fully saturated rings. The summed E-state index contributed by atoms with van der Waals surface area (Å²) in [6.45, 7) is 0. The van der Waals surface area contributed by atoms with Gasteiger partial charge in [-0.25, -0.2) is 0 Å². The fourth-order valence-corrected chi connectivity index (χ4v) is 6.57. The lowest BCUT2D eigenvalue weighted by Gasteiger charge is -2.18. The lowest BCUT2D eigenvalue weighted by molar-refractivity contribution is 0.472. The zero-order valence-electron chi connectivity index (χ0n) is 22.3. The molecule has 4 aromatic carbocycles. The van der Waals surface area contributed by atoms with Crippen LogP contribution < -0.4 is 10.6 Å². The summed E-state index contributed by atoms with van der Waals surface area (Å²) in [5, 5.41) is 18.0. The molecule has 0 amide bonds. The van der Waals surface area contributed by atoms with Crippen molar-refractivity contribution in [3.63, 3.8) is 0 Å². The number of halogens is 1. The first-order valence-corrected chi connectivity index (χ1v) is 16.7. The summed E-state index contributed by atoms with van der Waals surface area (Å²) < 4.78 is 101. The lowest BCUT2D eigenvalue weighted by atomic mass is 10.1. The number of aromatic nitrogens is 3. The predicted molar refractivity (Wildman–Crippen MR) is 160 cm³/mol. The van der Waals surface area contributed by atoms with Crippen molar-refractivity contribution in [1.82, 2.24) is 15.0 Å². The molecular weight excluding hydrogens is 678 g/mol. The van der Waals surface area contributed by atoms with Crippen molar-refractivity contribution in [2.75, 3.05) is 17.7 Å². The number of anilines is 3. The maximum Gasteiger partial charge on any atom is 0.296 e. The van der Waals surface area contributed by atoms with Gasteiger partial charge in [-0.2, -0.15) is 45.3 Å². The third-order valence-electron chi connectivity index (χ3n) is 6.35. The maximum absolute atomic E-state index is 12.3. The Balaban J connectivity index is 1.65. The van der Waals surface area contributed by atoms with Gasteiger partial charge in [-0.15, -0.1) is 5.11 Å². The van der Waals surface area contributed by atoms with Crippen molar-refractivity contribution in [3.8, 4) is 5.75 Å². The minimum absolute atomic E-state index is 0.0488. The van der Waals surface area contributed by atoms with Gasteiger partial charge in [-0.3, -0.25) is 13.7 Å². The monoisotopic (exact) mass is 695 g/mol. The molecule has 0 aliphatic heterocycles. The van der Waals surface area contributed by atoms with Crippen LogP contribution in [0.4, 0.5) is 29.0 Å². The number of hydrogen-bond donors (Lipinski definition) is 5. The SMILES string of the molecule is CN(c1ccc2c(O)c(N=Nc3ccc4c(S(=O)(=O)O)ccc(S(=O)(=O)O)c4c3)c(S(=O)(=O)O)cc2c1)c1nc(N)nc(Cl)n1. The zero-order valence-corrected chi connectivity index (χ0v) is 25.5. The minimum Gasteiger partial charge on any atom is -0.505 e. The molecule has 5 aromatic rings. The number of nitrogen functional groups attached to an aromatic ring is 1. The Kier molecular flexibility index (Phi) is 7.85. The van der Waals surface area contributed by atoms with Crippen LogP contribution in [0.2, 0.25) is 5.28 Å². The number of aromatic hydroxyl groups is 1. The third-order valence-corrected chi connectivity index (χ3v) is 9.21. The van der Waals surface area contributed by atoms with Gasteiger partial charge in [0.2, 0.25) is 17.2 Å². The molecule has 17 nitrogen and oxygen atoms in total. The van der Waals surface area contributed by atoms with E-state index in [1.54, 1.807) is 7.05 Å². The molecule has 0 aliphatic rings. The van der Waals surface area contributed by atoms with Crippen molar-refractivity contribution in [2.45, 2.75) is 14.7 Å². The van der Waals surface area contributed by atoms with Crippen molar-refractivity contribution >= 4 is 92.5 Å². The number of rotatable bonds is 7. The molecule has 6 N–H and O–H groups in total. The summed E-state index contributed by atoms with van der Waals surface area (Å²) in [7, 11) is -13.2. The van der Waals surface area contributed by atoms with Crippen molar-refractivity contribution in [3.05, 3.63) is 59.9 Å². The average Bonchev–Trinajstić information content (AvgIpc) is 2.93. The number of fused-ring (bicyclic) bond motifs is 2. The zero-order chi connectivity index (χ0) is 33.1. The number of phenolic OH excluding ortho intramolecular Hbond substituents is 1. The van der Waals surface area contributed by atoms with E-state index in [0.717, 1.165) is 36.4 Å². The molecule has 5 rings (SSSR count). The van der Waals surface area contributed by atoms with Crippen LogP contribution in [-0.2, 0) is 30.4 Å². The first-order chi connectivity index (χ1) is 20.8. The van der Waals surface area contributed by atoms with E-state index in [1.165, 1.54) is 23.1 Å². The molecule has 45 heavy (non-hydrogen) atoms. The molecule has 0 unspecified atom stereocenters. The second-order valence-electron chi connectivity index (χ2n) is 9.22. The molecule has 1 heterocycles. The molecule has 0 aliphatic carbocycles. The van der Waals surface area contributed by atoms with Crippen LogP contribution in [0.1, 0.15) is 0 Å². The van der Waals surface area contributed by atoms with Gasteiger partial charge < -0.3 is 15.7 Å². The number of azo groups is 1. The fraction of sp³-hybridized carbons (Fsp3) is 0.0417. The van der Waals surface area contributed by atoms with E-state index in [1.807, 2.05) is 0 Å². The molecule has 21 heteroatoms. The minimum atomic E-state index is -5.03. The summed E-state index contributed by atoms with van der Waals surface area (Å²) in [5.41, 5.74) is 5.12. The van der Waals surface area contributed by atoms with Gasteiger partial charge in [-0.05, 0) is 65.5 Å². The summed E-state index contributed by atoms with van der Waals surface area (Å²) in [4.78, 5) is 10.8. The first-order valence-electron chi connectivity index (χ1n) is 12.0. The number of nitrogens with zero attached hydrogens (tertiary/aromatic N) is 6. The third kappa shape index (κ3) is 6.33. The summed E-state index contributed by atoms with van der Waals surface area (Å²) >= 11 is 5.85. The van der Waals surface area contributed by atoms with E-state index in [-0.39, 0.29) is 44.4 Å². The van der Waals surface area contributed by atoms with Crippen molar-refractivity contribution in [1.29, 1.82) is 0 Å². The molecule has 0 bridgehead atoms. The molecule has 0 radical (unpaired) electrons. The van der Waals surface area contributed by atoms with Gasteiger partial charge in [0, 0.05) is 28.9 Å². The Labute approximate surface area is 258 Å². The molecule has 234 valence electrons. The van der Waals surface area contributed by atoms with Gasteiger partial charge in [-0.1, -0.05) is 6.07 Å². The second-order valence-corrected chi connectivity index (χ2v) is 13.7. The summed E-state index contributed by atoms with van der Waals surface area (Å²) in [5.74, 6) is -0.815. The van der Waals surface area contributed by atoms with Crippen LogP contribution in [0.3, 0.4) is 0 Å². The molecular formula is C24H18ClN7O10S3. The summed E-state index contributed by atoms with van der Waals surface area (Å²) in [6.07, 6.45) is 0. The van der Waals surface area contributed by atoms with Crippen LogP contribution in [0.25, 0.3) is 21.5 Å². The van der Waals surface area contributed by atoms with E-state index >= 15 is 0 Å². The van der Waals surface area contributed by atoms with Gasteiger partial charge in [0.05, 0.1) is 5.69 Å². The smallest absolute Gasteiger partial charge is 0.296 e. The second kappa shape index (κ2) is 11.1. The van der Waals surface area contributed by atoms with Gasteiger partial charge in [0.1, 0.15) is 20.4 Å². The van der Waals surface area contributed by atoms with Gasteiger partial charge in [0.15, 0.2) is 5.75 Å². The van der Waals surface area contributed by atoms with E-state index in [9.17, 15) is 44.0 Å². The standard InChI is InChI=1S/C24H18ClN7O10S3/c1-32(24-28-22(25)27-23(26)29-24)13-3-5-14-11(8-13)9-19(45(40,41)42)20(21(14)33)31-30-12-2-4-15-16(10-12)18(44(37,38)39)7-6-17(15)43(34,35)36/h2-10,33H,1H3,(H,34,35,36)(H,37,38,39)(H,40,41,42)(H2,26,27,28,29). The van der Waals surface area contributed by atoms with Crippen LogP contribution in [0, 0.1) is 0 Å². The number of benzene rings is 4. The topological polar surface area (TPSA) is 276 Å². The van der Waals surface area contributed by atoms with Crippen molar-refractivity contribution in [2.24, 2.45) is 10.2 Å². The average molecular weight is 696 g/mol. The Morgan fingerprint density at radius 3 is 1.93 bits per heavy atom. The Hall–Kier alpha value is -4.57. The van der Waals surface area contributed by atoms with E-state index in [2.05, 4.69) is 25.2 Å². The van der Waals surface area contributed by atoms with Crippen LogP contribution in [0.5, 0.6) is 5.75 Å². The summed E-state index contributed by atoms with van der Waals surface area (Å²) in [6, 6.07) is 10.1. The van der Waals surface area contributed by atoms with E-state index in [4.69, 9.17) is 17.3 Å². The number of nitrogens with two attached hydrogens (primary N) is 1. The van der Waals surface area contributed by atoms with Crippen LogP contribution >= 0.6 is 11.6 Å². The molecule has 0 saturated carbocycles. The highest BCUT2D eigenvalue weighted by Crippen LogP contribution is 2.43. The highest BCUT2D eigenvalue weighted by Gasteiger charge is 2.24. The first kappa shape index (κ1) is 31.8. The number of hydrogen-bond acceptors (Lipinski definition) is 14. The fourth-order valence-electron chi connectivity index (χ4n) is 4.36. The maximum atomic E-state index is 12.3. The molecule has 0 saturated heterocycles. The van der Waals surface area contributed by atoms with E-state index in [0.29, 0.717) is 5.69 Å². The molecule has 0 atom stereocenters. The number of phenols is 1. The van der Waals surface area contributed by atoms with Gasteiger partial charge in [0.25, 0.3) is 30.4 Å². The van der Waals surface area contributed by atoms with Crippen LogP contribution in [0.15, 0.2) is 79.5 Å². The van der Waals surface area contributed by atoms with Gasteiger partial charge >= 0.3 is 0 Å². The van der Waals surface area contributed by atoms with E-state index < -0.39 is 56.5 Å². The largest absolute Gasteiger partial charge is 0.505 e. The molecule has 0 spiro atoms. The lowest BCUT2D eigenvalue weighted by Crippen LogP contribution is -2.14. The highest BCUT2D eigenvalue weighted by molar-refractivity contribution is 7.86. The Bertz CT molecular complexity index is 2400.